The van der Waals surface area contributed by atoms with Crippen LogP contribution in [-0.2, 0) is 5.41 Å². The molecule has 5 heteroatoms. The largest absolute Gasteiger partial charge is 0.354 e. The van der Waals surface area contributed by atoms with Crippen molar-refractivity contribution in [3.63, 3.8) is 0 Å². The van der Waals surface area contributed by atoms with E-state index in [2.05, 4.69) is 70.4 Å². The van der Waals surface area contributed by atoms with E-state index in [0.717, 1.165) is 15.4 Å². The third-order valence-electron chi connectivity index (χ3n) is 2.81. The molecule has 1 aromatic carbocycles. The summed E-state index contributed by atoms with van der Waals surface area (Å²) >= 11 is 4.87. The predicted octanol–water partition coefficient (Wildman–Crippen LogP) is 4.77. The summed E-state index contributed by atoms with van der Waals surface area (Å²) in [5.41, 5.74) is 1.23. The third-order valence-corrected chi connectivity index (χ3v) is 3.98. The standard InChI is InChI=1S/C14H18BrN3S/c1-9(10-5-7-11(15)8-6-10)16-13-17-12(18-19-13)14(2,3)4/h5-9H,1-4H3,(H,16,17,18). The number of nitrogens with one attached hydrogen (secondary N) is 1. The maximum absolute atomic E-state index is 4.55. The van der Waals surface area contributed by atoms with Gasteiger partial charge in [0.15, 0.2) is 0 Å². The lowest BCUT2D eigenvalue weighted by Crippen LogP contribution is -2.13. The van der Waals surface area contributed by atoms with Crippen LogP contribution in [0.25, 0.3) is 0 Å². The number of anilines is 1. The highest BCUT2D eigenvalue weighted by Gasteiger charge is 2.20. The minimum atomic E-state index is -0.00270. The van der Waals surface area contributed by atoms with Crippen LogP contribution in [-0.4, -0.2) is 9.36 Å². The predicted molar refractivity (Wildman–Crippen MR) is 84.8 cm³/mol. The summed E-state index contributed by atoms with van der Waals surface area (Å²) in [5, 5.41) is 4.28. The van der Waals surface area contributed by atoms with Gasteiger partial charge in [0.2, 0.25) is 5.13 Å². The first-order valence-corrected chi connectivity index (χ1v) is 7.79. The van der Waals surface area contributed by atoms with Crippen LogP contribution < -0.4 is 5.32 Å². The van der Waals surface area contributed by atoms with E-state index < -0.39 is 0 Å². The van der Waals surface area contributed by atoms with Gasteiger partial charge in [-0.25, -0.2) is 4.98 Å². The second-order valence-corrected chi connectivity index (χ2v) is 7.26. The lowest BCUT2D eigenvalue weighted by molar-refractivity contribution is 0.555. The Kier molecular flexibility index (Phi) is 4.26. The number of benzene rings is 1. The topological polar surface area (TPSA) is 37.8 Å². The molecule has 1 N–H and O–H groups in total. The van der Waals surface area contributed by atoms with Crippen LogP contribution >= 0.6 is 27.5 Å². The Labute approximate surface area is 126 Å². The van der Waals surface area contributed by atoms with Gasteiger partial charge in [-0.05, 0) is 24.6 Å². The number of nitrogens with zero attached hydrogens (tertiary/aromatic N) is 2. The number of hydrogen-bond donors (Lipinski definition) is 1. The maximum Gasteiger partial charge on any atom is 0.203 e. The van der Waals surface area contributed by atoms with Crippen molar-refractivity contribution in [2.45, 2.75) is 39.2 Å². The van der Waals surface area contributed by atoms with Crippen molar-refractivity contribution >= 4 is 32.6 Å². The monoisotopic (exact) mass is 339 g/mol. The van der Waals surface area contributed by atoms with Gasteiger partial charge in [0, 0.05) is 21.4 Å². The summed E-state index contributed by atoms with van der Waals surface area (Å²) in [7, 11) is 0. The first-order chi connectivity index (χ1) is 8.86. The number of aromatic nitrogens is 2. The fourth-order valence-corrected chi connectivity index (χ4v) is 2.72. The fourth-order valence-electron chi connectivity index (χ4n) is 1.61. The average molecular weight is 340 g/mol. The van der Waals surface area contributed by atoms with Gasteiger partial charge in [-0.15, -0.1) is 0 Å². The summed E-state index contributed by atoms with van der Waals surface area (Å²) in [6.45, 7) is 8.49. The smallest absolute Gasteiger partial charge is 0.203 e. The van der Waals surface area contributed by atoms with Crippen LogP contribution in [0.2, 0.25) is 0 Å². The van der Waals surface area contributed by atoms with E-state index in [4.69, 9.17) is 0 Å². The van der Waals surface area contributed by atoms with Crippen molar-refractivity contribution in [1.82, 2.24) is 9.36 Å². The molecule has 102 valence electrons. The molecule has 0 amide bonds. The molecule has 1 aromatic heterocycles. The van der Waals surface area contributed by atoms with E-state index in [1.807, 2.05) is 12.1 Å². The molecule has 0 bridgehead atoms. The average Bonchev–Trinajstić information content (AvgIpc) is 2.78. The molecule has 1 heterocycles. The van der Waals surface area contributed by atoms with Crippen LogP contribution in [0, 0.1) is 0 Å². The Morgan fingerprint density at radius 3 is 2.37 bits per heavy atom. The fraction of sp³-hybridized carbons (Fsp3) is 0.429. The van der Waals surface area contributed by atoms with Gasteiger partial charge in [0.1, 0.15) is 5.82 Å². The first-order valence-electron chi connectivity index (χ1n) is 6.22. The summed E-state index contributed by atoms with van der Waals surface area (Å²) < 4.78 is 5.50. The number of halogens is 1. The minimum Gasteiger partial charge on any atom is -0.354 e. The van der Waals surface area contributed by atoms with Crippen molar-refractivity contribution in [3.8, 4) is 0 Å². The Hall–Kier alpha value is -0.940. The molecular formula is C14H18BrN3S. The first kappa shape index (κ1) is 14.5. The van der Waals surface area contributed by atoms with Gasteiger partial charge in [-0.3, -0.25) is 0 Å². The summed E-state index contributed by atoms with van der Waals surface area (Å²) in [6.07, 6.45) is 0. The Bertz CT molecular complexity index is 543. The Morgan fingerprint density at radius 1 is 1.21 bits per heavy atom. The molecule has 0 saturated carbocycles. The SMILES string of the molecule is CC(Nc1nc(C(C)(C)C)ns1)c1ccc(Br)cc1. The van der Waals surface area contributed by atoms with E-state index >= 15 is 0 Å². The second-order valence-electron chi connectivity index (χ2n) is 5.59. The molecule has 3 nitrogen and oxygen atoms in total. The van der Waals surface area contributed by atoms with Gasteiger partial charge in [0.25, 0.3) is 0 Å². The normalized spacial score (nSPS) is 13.3. The van der Waals surface area contributed by atoms with E-state index in [1.165, 1.54) is 17.1 Å². The zero-order chi connectivity index (χ0) is 14.0. The molecule has 0 aliphatic carbocycles. The van der Waals surface area contributed by atoms with Gasteiger partial charge < -0.3 is 5.32 Å². The van der Waals surface area contributed by atoms with Crippen molar-refractivity contribution in [2.24, 2.45) is 0 Å². The molecule has 1 unspecified atom stereocenters. The molecule has 2 aromatic rings. The maximum atomic E-state index is 4.55. The molecule has 0 saturated heterocycles. The molecule has 0 aliphatic heterocycles. The quantitative estimate of drug-likeness (QED) is 0.874. The van der Waals surface area contributed by atoms with E-state index in [1.54, 1.807) is 0 Å². The van der Waals surface area contributed by atoms with Gasteiger partial charge in [-0.2, -0.15) is 4.37 Å². The van der Waals surface area contributed by atoms with Crippen molar-refractivity contribution < 1.29 is 0 Å². The lowest BCUT2D eigenvalue weighted by atomic mass is 9.96. The minimum absolute atomic E-state index is 0.00270. The van der Waals surface area contributed by atoms with Crippen LogP contribution in [0.1, 0.15) is 45.1 Å². The van der Waals surface area contributed by atoms with E-state index in [9.17, 15) is 0 Å². The second kappa shape index (κ2) is 5.59. The molecule has 1 atom stereocenters. The molecule has 0 fully saturated rings. The summed E-state index contributed by atoms with van der Waals surface area (Å²) in [4.78, 5) is 4.55. The highest BCUT2D eigenvalue weighted by molar-refractivity contribution is 9.10. The van der Waals surface area contributed by atoms with Crippen LogP contribution in [0.3, 0.4) is 0 Å². The molecule has 0 aliphatic rings. The number of hydrogen-bond acceptors (Lipinski definition) is 4. The molecule has 19 heavy (non-hydrogen) atoms. The van der Waals surface area contributed by atoms with Crippen LogP contribution in [0.5, 0.6) is 0 Å². The summed E-state index contributed by atoms with van der Waals surface area (Å²) in [5.74, 6) is 0.892. The highest BCUT2D eigenvalue weighted by Crippen LogP contribution is 2.26. The van der Waals surface area contributed by atoms with Crippen molar-refractivity contribution in [3.05, 3.63) is 40.1 Å². The molecule has 2 rings (SSSR count). The van der Waals surface area contributed by atoms with Crippen LogP contribution in [0.15, 0.2) is 28.7 Å². The Morgan fingerprint density at radius 2 is 1.84 bits per heavy atom. The van der Waals surface area contributed by atoms with Crippen LogP contribution in [0.4, 0.5) is 5.13 Å². The van der Waals surface area contributed by atoms with Gasteiger partial charge in [0.05, 0.1) is 6.04 Å². The van der Waals surface area contributed by atoms with E-state index in [-0.39, 0.29) is 11.5 Å². The molecule has 0 spiro atoms. The van der Waals surface area contributed by atoms with Crippen molar-refractivity contribution in [2.75, 3.05) is 5.32 Å². The molecular weight excluding hydrogens is 322 g/mol. The van der Waals surface area contributed by atoms with Gasteiger partial charge in [-0.1, -0.05) is 48.8 Å². The summed E-state index contributed by atoms with van der Waals surface area (Å²) in [6, 6.07) is 8.53. The highest BCUT2D eigenvalue weighted by atomic mass is 79.9. The zero-order valence-corrected chi connectivity index (χ0v) is 14.0. The van der Waals surface area contributed by atoms with Crippen molar-refractivity contribution in [1.29, 1.82) is 0 Å². The zero-order valence-electron chi connectivity index (χ0n) is 11.6. The number of rotatable bonds is 3. The molecule has 0 radical (unpaired) electrons. The van der Waals surface area contributed by atoms with E-state index in [0.29, 0.717) is 0 Å². The third kappa shape index (κ3) is 3.76. The lowest BCUT2D eigenvalue weighted by Gasteiger charge is -2.14. The van der Waals surface area contributed by atoms with Gasteiger partial charge >= 0.3 is 0 Å². The Balaban J connectivity index is 2.08.